The summed E-state index contributed by atoms with van der Waals surface area (Å²) in [4.78, 5) is 0. The van der Waals surface area contributed by atoms with Gasteiger partial charge >= 0.3 is 0 Å². The van der Waals surface area contributed by atoms with Crippen molar-refractivity contribution in [2.24, 2.45) is 0 Å². The van der Waals surface area contributed by atoms with Gasteiger partial charge in [-0.25, -0.2) is 0 Å². The summed E-state index contributed by atoms with van der Waals surface area (Å²) in [6, 6.07) is 23.3. The van der Waals surface area contributed by atoms with Crippen LogP contribution in [0.15, 0.2) is 66.7 Å². The van der Waals surface area contributed by atoms with Gasteiger partial charge in [0.15, 0.2) is 0 Å². The van der Waals surface area contributed by atoms with Crippen molar-refractivity contribution in [1.29, 1.82) is 0 Å². The lowest BCUT2D eigenvalue weighted by molar-refractivity contribution is 0.306. The van der Waals surface area contributed by atoms with Crippen LogP contribution in [0.2, 0.25) is 0 Å². The standard InChI is InChI=1S/C20H20O/c1-2-6-16-9-10-18-11-12-20(14-19(18)13-16)21-15-17-7-4-3-5-8-17/h3-5,7-14H,2,6,15H2,1H3. The average molecular weight is 276 g/mol. The average Bonchev–Trinajstić information content (AvgIpc) is 2.54. The molecule has 0 amide bonds. The molecule has 3 rings (SSSR count). The Hall–Kier alpha value is -2.28. The summed E-state index contributed by atoms with van der Waals surface area (Å²) in [7, 11) is 0. The van der Waals surface area contributed by atoms with Crippen LogP contribution in [0.25, 0.3) is 10.8 Å². The maximum Gasteiger partial charge on any atom is 0.120 e. The summed E-state index contributed by atoms with van der Waals surface area (Å²) in [6.07, 6.45) is 2.31. The van der Waals surface area contributed by atoms with Gasteiger partial charge in [-0.15, -0.1) is 0 Å². The van der Waals surface area contributed by atoms with Crippen molar-refractivity contribution in [2.45, 2.75) is 26.4 Å². The molecule has 0 spiro atoms. The lowest BCUT2D eigenvalue weighted by Gasteiger charge is -2.08. The third kappa shape index (κ3) is 3.43. The Bertz CT molecular complexity index is 716. The highest BCUT2D eigenvalue weighted by atomic mass is 16.5. The van der Waals surface area contributed by atoms with E-state index in [0.717, 1.165) is 12.2 Å². The van der Waals surface area contributed by atoms with Crippen LogP contribution >= 0.6 is 0 Å². The molecular formula is C20H20O. The van der Waals surface area contributed by atoms with Gasteiger partial charge in [-0.1, -0.05) is 67.9 Å². The predicted molar refractivity (Wildman–Crippen MR) is 88.7 cm³/mol. The van der Waals surface area contributed by atoms with E-state index in [9.17, 15) is 0 Å². The SMILES string of the molecule is CCCc1ccc2ccc(OCc3ccccc3)cc2c1. The maximum atomic E-state index is 5.90. The third-order valence-corrected chi connectivity index (χ3v) is 3.66. The zero-order valence-corrected chi connectivity index (χ0v) is 12.4. The van der Waals surface area contributed by atoms with E-state index >= 15 is 0 Å². The zero-order chi connectivity index (χ0) is 14.5. The number of aryl methyl sites for hydroxylation is 1. The second-order valence-electron chi connectivity index (χ2n) is 5.37. The fourth-order valence-electron chi connectivity index (χ4n) is 2.55. The van der Waals surface area contributed by atoms with Crippen LogP contribution in [0, 0.1) is 0 Å². The Labute approximate surface area is 126 Å². The van der Waals surface area contributed by atoms with Crippen molar-refractivity contribution in [3.63, 3.8) is 0 Å². The van der Waals surface area contributed by atoms with Crippen LogP contribution in [0.1, 0.15) is 24.5 Å². The van der Waals surface area contributed by atoms with Gasteiger partial charge in [0.25, 0.3) is 0 Å². The summed E-state index contributed by atoms with van der Waals surface area (Å²) < 4.78 is 5.90. The van der Waals surface area contributed by atoms with Gasteiger partial charge < -0.3 is 4.74 Å². The molecule has 0 saturated heterocycles. The monoisotopic (exact) mass is 276 g/mol. The molecule has 0 N–H and O–H groups in total. The fourth-order valence-corrected chi connectivity index (χ4v) is 2.55. The molecule has 0 aliphatic rings. The first-order valence-corrected chi connectivity index (χ1v) is 7.54. The highest BCUT2D eigenvalue weighted by molar-refractivity contribution is 5.84. The molecule has 1 heteroatoms. The first-order chi connectivity index (χ1) is 10.3. The molecule has 3 aromatic rings. The van der Waals surface area contributed by atoms with Crippen LogP contribution in [0.5, 0.6) is 5.75 Å². The van der Waals surface area contributed by atoms with E-state index in [1.807, 2.05) is 24.3 Å². The van der Waals surface area contributed by atoms with E-state index in [2.05, 4.69) is 49.4 Å². The minimum Gasteiger partial charge on any atom is -0.489 e. The zero-order valence-electron chi connectivity index (χ0n) is 12.4. The van der Waals surface area contributed by atoms with E-state index < -0.39 is 0 Å². The number of hydrogen-bond donors (Lipinski definition) is 0. The van der Waals surface area contributed by atoms with Crippen LogP contribution < -0.4 is 4.74 Å². The van der Waals surface area contributed by atoms with Gasteiger partial charge in [0.2, 0.25) is 0 Å². The number of ether oxygens (including phenoxy) is 1. The van der Waals surface area contributed by atoms with Crippen LogP contribution in [0.4, 0.5) is 0 Å². The first-order valence-electron chi connectivity index (χ1n) is 7.54. The molecule has 0 aliphatic carbocycles. The van der Waals surface area contributed by atoms with Crippen LogP contribution in [-0.2, 0) is 13.0 Å². The highest BCUT2D eigenvalue weighted by Gasteiger charge is 2.00. The van der Waals surface area contributed by atoms with Gasteiger partial charge in [-0.2, -0.15) is 0 Å². The molecule has 0 aromatic heterocycles. The van der Waals surface area contributed by atoms with Gasteiger partial charge in [0, 0.05) is 0 Å². The van der Waals surface area contributed by atoms with E-state index in [-0.39, 0.29) is 0 Å². The van der Waals surface area contributed by atoms with Crippen molar-refractivity contribution in [3.05, 3.63) is 77.9 Å². The Balaban J connectivity index is 1.79. The topological polar surface area (TPSA) is 9.23 Å². The summed E-state index contributed by atoms with van der Waals surface area (Å²) in [5.74, 6) is 0.931. The van der Waals surface area contributed by atoms with Crippen LogP contribution in [-0.4, -0.2) is 0 Å². The van der Waals surface area contributed by atoms with Gasteiger partial charge in [0.1, 0.15) is 12.4 Å². The predicted octanol–water partition coefficient (Wildman–Crippen LogP) is 5.37. The molecule has 0 atom stereocenters. The third-order valence-electron chi connectivity index (χ3n) is 3.66. The molecule has 21 heavy (non-hydrogen) atoms. The van der Waals surface area contributed by atoms with Gasteiger partial charge in [-0.05, 0) is 40.5 Å². The molecule has 0 aliphatic heterocycles. The Morgan fingerprint density at radius 3 is 2.38 bits per heavy atom. The number of benzene rings is 3. The minimum atomic E-state index is 0.612. The van der Waals surface area contributed by atoms with Gasteiger partial charge in [0.05, 0.1) is 0 Å². The molecule has 1 nitrogen and oxygen atoms in total. The van der Waals surface area contributed by atoms with Crippen molar-refractivity contribution >= 4 is 10.8 Å². The quantitative estimate of drug-likeness (QED) is 0.608. The van der Waals surface area contributed by atoms with Crippen molar-refractivity contribution in [1.82, 2.24) is 0 Å². The fraction of sp³-hybridized carbons (Fsp3) is 0.200. The Kier molecular flexibility index (Phi) is 4.20. The molecule has 0 bridgehead atoms. The molecule has 0 fully saturated rings. The first kappa shape index (κ1) is 13.7. The number of rotatable bonds is 5. The lowest BCUT2D eigenvalue weighted by atomic mass is 10.0. The smallest absolute Gasteiger partial charge is 0.120 e. The van der Waals surface area contributed by atoms with E-state index in [1.165, 1.54) is 28.3 Å². The van der Waals surface area contributed by atoms with E-state index in [4.69, 9.17) is 4.74 Å². The maximum absolute atomic E-state index is 5.90. The minimum absolute atomic E-state index is 0.612. The second-order valence-corrected chi connectivity index (χ2v) is 5.37. The number of fused-ring (bicyclic) bond motifs is 1. The van der Waals surface area contributed by atoms with Crippen molar-refractivity contribution in [2.75, 3.05) is 0 Å². The molecule has 0 heterocycles. The molecule has 0 saturated carbocycles. The molecule has 3 aromatic carbocycles. The van der Waals surface area contributed by atoms with E-state index in [0.29, 0.717) is 6.61 Å². The Morgan fingerprint density at radius 2 is 1.57 bits per heavy atom. The number of hydrogen-bond acceptors (Lipinski definition) is 1. The lowest BCUT2D eigenvalue weighted by Crippen LogP contribution is -1.94. The highest BCUT2D eigenvalue weighted by Crippen LogP contribution is 2.23. The van der Waals surface area contributed by atoms with Gasteiger partial charge in [-0.3, -0.25) is 0 Å². The summed E-state index contributed by atoms with van der Waals surface area (Å²) in [5, 5.41) is 2.52. The Morgan fingerprint density at radius 1 is 0.762 bits per heavy atom. The van der Waals surface area contributed by atoms with Crippen molar-refractivity contribution in [3.8, 4) is 5.75 Å². The summed E-state index contributed by atoms with van der Waals surface area (Å²) >= 11 is 0. The molecular weight excluding hydrogens is 256 g/mol. The normalized spacial score (nSPS) is 10.7. The van der Waals surface area contributed by atoms with E-state index in [1.54, 1.807) is 0 Å². The van der Waals surface area contributed by atoms with Crippen molar-refractivity contribution < 1.29 is 4.74 Å². The summed E-state index contributed by atoms with van der Waals surface area (Å²) in [6.45, 7) is 2.82. The summed E-state index contributed by atoms with van der Waals surface area (Å²) in [5.41, 5.74) is 2.59. The molecule has 0 unspecified atom stereocenters. The van der Waals surface area contributed by atoms with Crippen LogP contribution in [0.3, 0.4) is 0 Å². The largest absolute Gasteiger partial charge is 0.489 e. The molecule has 106 valence electrons. The molecule has 0 radical (unpaired) electrons. The second kappa shape index (κ2) is 6.45.